The van der Waals surface area contributed by atoms with E-state index in [2.05, 4.69) is 15.2 Å². The Labute approximate surface area is 88.8 Å². The number of hydrogen-bond donors (Lipinski definition) is 0. The molecule has 1 aromatic heterocycles. The third-order valence-electron chi connectivity index (χ3n) is 1.75. The Balaban J connectivity index is 2.50. The first-order valence-corrected chi connectivity index (χ1v) is 4.35. The van der Waals surface area contributed by atoms with Crippen molar-refractivity contribution in [2.75, 3.05) is 0 Å². The lowest BCUT2D eigenvalue weighted by molar-refractivity contribution is 0.509. The van der Waals surface area contributed by atoms with E-state index in [1.165, 1.54) is 12.3 Å². The highest BCUT2D eigenvalue weighted by molar-refractivity contribution is 6.28. The molecule has 0 aliphatic heterocycles. The van der Waals surface area contributed by atoms with Crippen molar-refractivity contribution >= 4 is 11.6 Å². The lowest BCUT2D eigenvalue weighted by atomic mass is 10.1. The lowest BCUT2D eigenvalue weighted by Crippen LogP contribution is -1.92. The molecule has 15 heavy (non-hydrogen) atoms. The molecule has 0 saturated carbocycles. The molecule has 0 bridgehead atoms. The second-order valence-electron chi connectivity index (χ2n) is 2.74. The quantitative estimate of drug-likeness (QED) is 0.751. The second kappa shape index (κ2) is 3.86. The fourth-order valence-electron chi connectivity index (χ4n) is 1.08. The second-order valence-corrected chi connectivity index (χ2v) is 3.08. The zero-order valence-electron chi connectivity index (χ0n) is 7.28. The van der Waals surface area contributed by atoms with Crippen LogP contribution in [0.25, 0.3) is 11.3 Å². The molecular weight excluding hydrogens is 224 g/mol. The van der Waals surface area contributed by atoms with Crippen LogP contribution >= 0.6 is 11.6 Å². The Morgan fingerprint density at radius 3 is 2.60 bits per heavy atom. The van der Waals surface area contributed by atoms with Crippen molar-refractivity contribution in [1.29, 1.82) is 0 Å². The van der Waals surface area contributed by atoms with E-state index in [4.69, 9.17) is 11.6 Å². The number of rotatable bonds is 1. The number of hydrogen-bond acceptors (Lipinski definition) is 3. The summed E-state index contributed by atoms with van der Waals surface area (Å²) in [6, 6.07) is 3.43. The average Bonchev–Trinajstić information content (AvgIpc) is 2.22. The van der Waals surface area contributed by atoms with Crippen molar-refractivity contribution in [3.8, 4) is 11.3 Å². The van der Waals surface area contributed by atoms with Crippen LogP contribution in [0, 0.1) is 11.6 Å². The summed E-state index contributed by atoms with van der Waals surface area (Å²) in [7, 11) is 0. The van der Waals surface area contributed by atoms with Crippen molar-refractivity contribution in [1.82, 2.24) is 15.2 Å². The lowest BCUT2D eigenvalue weighted by Gasteiger charge is -2.00. The van der Waals surface area contributed by atoms with Gasteiger partial charge in [0.05, 0.1) is 11.9 Å². The average molecular weight is 228 g/mol. The molecule has 1 aromatic carbocycles. The van der Waals surface area contributed by atoms with Gasteiger partial charge in [-0.3, -0.25) is 0 Å². The van der Waals surface area contributed by atoms with E-state index < -0.39 is 11.6 Å². The molecule has 3 nitrogen and oxygen atoms in total. The fourth-order valence-corrected chi connectivity index (χ4v) is 1.21. The van der Waals surface area contributed by atoms with Crippen molar-refractivity contribution < 1.29 is 8.78 Å². The van der Waals surface area contributed by atoms with E-state index in [9.17, 15) is 8.78 Å². The topological polar surface area (TPSA) is 38.7 Å². The van der Waals surface area contributed by atoms with Crippen LogP contribution < -0.4 is 0 Å². The van der Waals surface area contributed by atoms with E-state index in [-0.39, 0.29) is 5.28 Å². The molecule has 1 heterocycles. The molecule has 2 rings (SSSR count). The van der Waals surface area contributed by atoms with Gasteiger partial charge in [0.15, 0.2) is 11.6 Å². The Morgan fingerprint density at radius 1 is 1.13 bits per heavy atom. The molecule has 0 N–H and O–H groups in total. The molecule has 0 aliphatic carbocycles. The summed E-state index contributed by atoms with van der Waals surface area (Å²) in [4.78, 5) is 3.82. The first kappa shape index (κ1) is 9.92. The summed E-state index contributed by atoms with van der Waals surface area (Å²) < 4.78 is 25.5. The van der Waals surface area contributed by atoms with Crippen LogP contribution in [0.15, 0.2) is 24.4 Å². The Morgan fingerprint density at radius 2 is 1.93 bits per heavy atom. The SMILES string of the molecule is Fc1ccc(-c2cnnc(Cl)n2)cc1F. The number of nitrogens with zero attached hydrogens (tertiary/aromatic N) is 3. The molecule has 6 heteroatoms. The van der Waals surface area contributed by atoms with Crippen molar-refractivity contribution in [3.05, 3.63) is 41.3 Å². The van der Waals surface area contributed by atoms with E-state index in [0.717, 1.165) is 12.1 Å². The Kier molecular flexibility index (Phi) is 2.55. The van der Waals surface area contributed by atoms with Gasteiger partial charge in [0, 0.05) is 5.56 Å². The third kappa shape index (κ3) is 2.07. The van der Waals surface area contributed by atoms with Crippen LogP contribution in [-0.2, 0) is 0 Å². The maximum absolute atomic E-state index is 12.9. The zero-order valence-corrected chi connectivity index (χ0v) is 8.04. The number of benzene rings is 1. The highest BCUT2D eigenvalue weighted by Crippen LogP contribution is 2.19. The summed E-state index contributed by atoms with van der Waals surface area (Å²) in [5.41, 5.74) is 0.736. The van der Waals surface area contributed by atoms with Crippen molar-refractivity contribution in [3.63, 3.8) is 0 Å². The van der Waals surface area contributed by atoms with Gasteiger partial charge in [-0.25, -0.2) is 13.8 Å². The summed E-state index contributed by atoms with van der Waals surface area (Å²) in [6.07, 6.45) is 1.32. The van der Waals surface area contributed by atoms with Crippen molar-refractivity contribution in [2.24, 2.45) is 0 Å². The number of halogens is 3. The first-order valence-electron chi connectivity index (χ1n) is 3.97. The molecular formula is C9H4ClF2N3. The van der Waals surface area contributed by atoms with Gasteiger partial charge in [-0.05, 0) is 29.8 Å². The highest BCUT2D eigenvalue weighted by atomic mass is 35.5. The molecule has 0 unspecified atom stereocenters. The van der Waals surface area contributed by atoms with E-state index in [1.807, 2.05) is 0 Å². The summed E-state index contributed by atoms with van der Waals surface area (Å²) >= 11 is 5.51. The van der Waals surface area contributed by atoms with Gasteiger partial charge in [0.2, 0.25) is 5.28 Å². The molecule has 76 valence electrons. The summed E-state index contributed by atoms with van der Waals surface area (Å²) in [6.45, 7) is 0. The molecule has 0 saturated heterocycles. The Hall–Kier alpha value is -1.62. The van der Waals surface area contributed by atoms with E-state index in [1.54, 1.807) is 0 Å². The van der Waals surface area contributed by atoms with Crippen LogP contribution in [0.3, 0.4) is 0 Å². The molecule has 0 aliphatic rings. The van der Waals surface area contributed by atoms with Crippen LogP contribution in [0.5, 0.6) is 0 Å². The fraction of sp³-hybridized carbons (Fsp3) is 0. The monoisotopic (exact) mass is 227 g/mol. The molecule has 0 fully saturated rings. The zero-order chi connectivity index (χ0) is 10.8. The highest BCUT2D eigenvalue weighted by Gasteiger charge is 2.06. The minimum atomic E-state index is -0.942. The molecule has 2 aromatic rings. The first-order chi connectivity index (χ1) is 7.16. The smallest absolute Gasteiger partial charge is 0.215 e. The van der Waals surface area contributed by atoms with Gasteiger partial charge in [0.25, 0.3) is 0 Å². The largest absolute Gasteiger partial charge is 0.243 e. The van der Waals surface area contributed by atoms with E-state index >= 15 is 0 Å². The van der Waals surface area contributed by atoms with Gasteiger partial charge < -0.3 is 0 Å². The molecule has 0 atom stereocenters. The van der Waals surface area contributed by atoms with Gasteiger partial charge in [-0.2, -0.15) is 5.10 Å². The minimum Gasteiger partial charge on any atom is -0.215 e. The van der Waals surface area contributed by atoms with Crippen LogP contribution in [-0.4, -0.2) is 15.2 Å². The van der Waals surface area contributed by atoms with Crippen molar-refractivity contribution in [2.45, 2.75) is 0 Å². The third-order valence-corrected chi connectivity index (χ3v) is 1.91. The minimum absolute atomic E-state index is 0.0442. The predicted molar refractivity (Wildman–Crippen MR) is 50.2 cm³/mol. The van der Waals surface area contributed by atoms with Gasteiger partial charge in [0.1, 0.15) is 0 Å². The predicted octanol–water partition coefficient (Wildman–Crippen LogP) is 2.47. The molecule has 0 spiro atoms. The van der Waals surface area contributed by atoms with Gasteiger partial charge in [-0.1, -0.05) is 0 Å². The summed E-state index contributed by atoms with van der Waals surface area (Å²) in [5, 5.41) is 6.95. The standard InChI is InChI=1S/C9H4ClF2N3/c10-9-14-8(4-13-15-9)5-1-2-6(11)7(12)3-5/h1-4H. The van der Waals surface area contributed by atoms with Gasteiger partial charge in [-0.15, -0.1) is 5.10 Å². The van der Waals surface area contributed by atoms with Gasteiger partial charge >= 0.3 is 0 Å². The maximum atomic E-state index is 12.9. The Bertz CT molecular complexity index is 504. The number of aromatic nitrogens is 3. The summed E-state index contributed by atoms with van der Waals surface area (Å²) in [5.74, 6) is -1.85. The van der Waals surface area contributed by atoms with Crippen LogP contribution in [0.4, 0.5) is 8.78 Å². The normalized spacial score (nSPS) is 10.3. The van der Waals surface area contributed by atoms with Crippen LogP contribution in [0.1, 0.15) is 0 Å². The molecule has 0 radical (unpaired) electrons. The van der Waals surface area contributed by atoms with Crippen LogP contribution in [0.2, 0.25) is 5.28 Å². The molecule has 0 amide bonds. The maximum Gasteiger partial charge on any atom is 0.243 e. The van der Waals surface area contributed by atoms with E-state index in [0.29, 0.717) is 11.3 Å².